The van der Waals surface area contributed by atoms with E-state index in [2.05, 4.69) is 26.6 Å². The van der Waals surface area contributed by atoms with E-state index in [1.165, 1.54) is 12.3 Å². The zero-order valence-corrected chi connectivity index (χ0v) is 15.2. The SMILES string of the molecule is O=C(/C=C/c1ccccc1Br)Nc1cccc(NC(=O)c2ccco2)c1. The highest BCUT2D eigenvalue weighted by atomic mass is 79.9. The molecule has 1 aromatic heterocycles. The molecule has 0 saturated heterocycles. The Morgan fingerprint density at radius 2 is 1.69 bits per heavy atom. The summed E-state index contributed by atoms with van der Waals surface area (Å²) in [6.45, 7) is 0. The van der Waals surface area contributed by atoms with Gasteiger partial charge in [-0.3, -0.25) is 9.59 Å². The monoisotopic (exact) mass is 410 g/mol. The molecule has 0 spiro atoms. The van der Waals surface area contributed by atoms with Gasteiger partial charge in [0, 0.05) is 21.9 Å². The zero-order chi connectivity index (χ0) is 18.4. The molecule has 0 aliphatic heterocycles. The molecular weight excluding hydrogens is 396 g/mol. The summed E-state index contributed by atoms with van der Waals surface area (Å²) in [7, 11) is 0. The van der Waals surface area contributed by atoms with E-state index in [1.54, 1.807) is 42.5 Å². The number of hydrogen-bond acceptors (Lipinski definition) is 3. The minimum atomic E-state index is -0.354. The van der Waals surface area contributed by atoms with Gasteiger partial charge in [0.15, 0.2) is 5.76 Å². The standard InChI is InChI=1S/C20H15BrN2O3/c21-17-8-2-1-5-14(17)10-11-19(24)22-15-6-3-7-16(13-15)23-20(25)18-9-4-12-26-18/h1-13H,(H,22,24)(H,23,25)/b11-10+. The van der Waals surface area contributed by atoms with Crippen molar-refractivity contribution in [2.24, 2.45) is 0 Å². The second-order valence-electron chi connectivity index (χ2n) is 5.36. The predicted octanol–water partition coefficient (Wildman–Crippen LogP) is 4.95. The van der Waals surface area contributed by atoms with Crippen LogP contribution < -0.4 is 10.6 Å². The Kier molecular flexibility index (Phi) is 5.66. The molecule has 26 heavy (non-hydrogen) atoms. The zero-order valence-electron chi connectivity index (χ0n) is 13.6. The summed E-state index contributed by atoms with van der Waals surface area (Å²) in [6.07, 6.45) is 4.61. The molecule has 2 aromatic carbocycles. The van der Waals surface area contributed by atoms with E-state index in [9.17, 15) is 9.59 Å². The number of amides is 2. The van der Waals surface area contributed by atoms with Crippen LogP contribution in [0.2, 0.25) is 0 Å². The fourth-order valence-electron chi connectivity index (χ4n) is 2.23. The lowest BCUT2D eigenvalue weighted by molar-refractivity contribution is -0.111. The topological polar surface area (TPSA) is 71.3 Å². The Morgan fingerprint density at radius 1 is 0.923 bits per heavy atom. The lowest BCUT2D eigenvalue weighted by Crippen LogP contribution is -2.12. The van der Waals surface area contributed by atoms with Crippen molar-refractivity contribution in [3.05, 3.63) is 88.8 Å². The first-order valence-electron chi connectivity index (χ1n) is 7.80. The van der Waals surface area contributed by atoms with Gasteiger partial charge in [0.1, 0.15) is 0 Å². The van der Waals surface area contributed by atoms with E-state index in [1.807, 2.05) is 24.3 Å². The van der Waals surface area contributed by atoms with Crippen molar-refractivity contribution in [3.8, 4) is 0 Å². The molecule has 5 nitrogen and oxygen atoms in total. The van der Waals surface area contributed by atoms with E-state index < -0.39 is 0 Å². The molecule has 0 fully saturated rings. The summed E-state index contributed by atoms with van der Waals surface area (Å²) in [5.74, 6) is -0.404. The summed E-state index contributed by atoms with van der Waals surface area (Å²) >= 11 is 3.43. The van der Waals surface area contributed by atoms with Gasteiger partial charge < -0.3 is 15.1 Å². The fraction of sp³-hybridized carbons (Fsp3) is 0. The lowest BCUT2D eigenvalue weighted by atomic mass is 10.2. The number of rotatable bonds is 5. The number of nitrogens with one attached hydrogen (secondary N) is 2. The molecule has 2 amide bonds. The molecule has 6 heteroatoms. The summed E-state index contributed by atoms with van der Waals surface area (Å²) in [5, 5.41) is 5.48. The highest BCUT2D eigenvalue weighted by Gasteiger charge is 2.09. The number of carbonyl (C=O) groups is 2. The van der Waals surface area contributed by atoms with Crippen LogP contribution in [0, 0.1) is 0 Å². The van der Waals surface area contributed by atoms with Gasteiger partial charge in [-0.1, -0.05) is 40.2 Å². The maximum absolute atomic E-state index is 12.1. The summed E-state index contributed by atoms with van der Waals surface area (Å²) in [4.78, 5) is 24.1. The van der Waals surface area contributed by atoms with Gasteiger partial charge >= 0.3 is 0 Å². The third-order valence-corrected chi connectivity index (χ3v) is 4.17. The number of hydrogen-bond donors (Lipinski definition) is 2. The van der Waals surface area contributed by atoms with E-state index in [-0.39, 0.29) is 17.6 Å². The van der Waals surface area contributed by atoms with E-state index >= 15 is 0 Å². The molecule has 0 atom stereocenters. The molecule has 0 saturated carbocycles. The van der Waals surface area contributed by atoms with Crippen molar-refractivity contribution in [2.45, 2.75) is 0 Å². The molecule has 0 radical (unpaired) electrons. The normalized spacial score (nSPS) is 10.7. The van der Waals surface area contributed by atoms with Gasteiger partial charge in [-0.2, -0.15) is 0 Å². The van der Waals surface area contributed by atoms with Crippen LogP contribution >= 0.6 is 15.9 Å². The highest BCUT2D eigenvalue weighted by molar-refractivity contribution is 9.10. The molecule has 0 unspecified atom stereocenters. The van der Waals surface area contributed by atoms with Gasteiger partial charge in [0.25, 0.3) is 5.91 Å². The van der Waals surface area contributed by atoms with Crippen LogP contribution in [0.3, 0.4) is 0 Å². The Bertz CT molecular complexity index is 949. The Morgan fingerprint density at radius 3 is 2.42 bits per heavy atom. The van der Waals surface area contributed by atoms with Crippen molar-refractivity contribution < 1.29 is 14.0 Å². The van der Waals surface area contributed by atoms with Crippen LogP contribution in [0.5, 0.6) is 0 Å². The minimum Gasteiger partial charge on any atom is -0.459 e. The molecule has 0 bridgehead atoms. The number of halogens is 1. The number of benzene rings is 2. The molecule has 0 aliphatic carbocycles. The first-order valence-corrected chi connectivity index (χ1v) is 8.59. The largest absolute Gasteiger partial charge is 0.459 e. The van der Waals surface area contributed by atoms with Gasteiger partial charge in [-0.15, -0.1) is 0 Å². The Balaban J connectivity index is 1.64. The third kappa shape index (κ3) is 4.70. The van der Waals surface area contributed by atoms with Crippen molar-refractivity contribution in [1.29, 1.82) is 0 Å². The quantitative estimate of drug-likeness (QED) is 0.584. The van der Waals surface area contributed by atoms with Crippen molar-refractivity contribution in [2.75, 3.05) is 10.6 Å². The van der Waals surface area contributed by atoms with Crippen LogP contribution in [0.4, 0.5) is 11.4 Å². The number of furan rings is 1. The highest BCUT2D eigenvalue weighted by Crippen LogP contribution is 2.18. The lowest BCUT2D eigenvalue weighted by Gasteiger charge is -2.07. The van der Waals surface area contributed by atoms with Gasteiger partial charge in [0.05, 0.1) is 6.26 Å². The summed E-state index contributed by atoms with van der Waals surface area (Å²) in [5.41, 5.74) is 2.03. The van der Waals surface area contributed by atoms with Crippen LogP contribution in [-0.2, 0) is 4.79 Å². The van der Waals surface area contributed by atoms with Crippen LogP contribution in [0.15, 0.2) is 81.9 Å². The van der Waals surface area contributed by atoms with E-state index in [4.69, 9.17) is 4.42 Å². The van der Waals surface area contributed by atoms with Crippen molar-refractivity contribution in [3.63, 3.8) is 0 Å². The van der Waals surface area contributed by atoms with Gasteiger partial charge in [-0.25, -0.2) is 0 Å². The van der Waals surface area contributed by atoms with Gasteiger partial charge in [0.2, 0.25) is 5.91 Å². The summed E-state index contributed by atoms with van der Waals surface area (Å²) in [6, 6.07) is 17.7. The van der Waals surface area contributed by atoms with Crippen LogP contribution in [-0.4, -0.2) is 11.8 Å². The summed E-state index contributed by atoms with van der Waals surface area (Å²) < 4.78 is 5.96. The maximum atomic E-state index is 12.1. The first kappa shape index (κ1) is 17.7. The van der Waals surface area contributed by atoms with Crippen LogP contribution in [0.1, 0.15) is 16.1 Å². The number of anilines is 2. The van der Waals surface area contributed by atoms with E-state index in [0.717, 1.165) is 10.0 Å². The molecule has 2 N–H and O–H groups in total. The number of carbonyl (C=O) groups excluding carboxylic acids is 2. The molecular formula is C20H15BrN2O3. The third-order valence-electron chi connectivity index (χ3n) is 3.45. The minimum absolute atomic E-state index is 0.218. The maximum Gasteiger partial charge on any atom is 0.291 e. The second-order valence-corrected chi connectivity index (χ2v) is 6.21. The molecule has 0 aliphatic rings. The Hall–Kier alpha value is -3.12. The average Bonchev–Trinajstić information content (AvgIpc) is 3.16. The van der Waals surface area contributed by atoms with Crippen molar-refractivity contribution in [1.82, 2.24) is 0 Å². The van der Waals surface area contributed by atoms with Crippen LogP contribution in [0.25, 0.3) is 6.08 Å². The fourth-order valence-corrected chi connectivity index (χ4v) is 2.65. The molecule has 130 valence electrons. The van der Waals surface area contributed by atoms with Crippen molar-refractivity contribution >= 4 is 45.2 Å². The predicted molar refractivity (Wildman–Crippen MR) is 105 cm³/mol. The molecule has 3 rings (SSSR count). The Labute approximate surface area is 158 Å². The first-order chi connectivity index (χ1) is 12.6. The molecule has 3 aromatic rings. The van der Waals surface area contributed by atoms with Gasteiger partial charge in [-0.05, 0) is 48.0 Å². The second kappa shape index (κ2) is 8.31. The average molecular weight is 411 g/mol. The smallest absolute Gasteiger partial charge is 0.291 e. The molecule has 1 heterocycles. The van der Waals surface area contributed by atoms with E-state index in [0.29, 0.717) is 11.4 Å².